The number of aromatic nitrogens is 2. The van der Waals surface area contributed by atoms with Crippen molar-refractivity contribution >= 4 is 17.3 Å². The molecule has 1 fully saturated rings. The van der Waals surface area contributed by atoms with E-state index in [1.165, 1.54) is 6.20 Å². The molecular formula is C17H18ClF2N3O2. The number of anilines is 1. The SMILES string of the molecule is CC(Nc1cnn(-c2ccc(F)cc2F)c(=O)c1Cl)C1CCOCC1. The van der Waals surface area contributed by atoms with Crippen molar-refractivity contribution in [1.29, 1.82) is 0 Å². The van der Waals surface area contributed by atoms with Crippen molar-refractivity contribution in [3.05, 3.63) is 51.4 Å². The van der Waals surface area contributed by atoms with Crippen LogP contribution in [0.5, 0.6) is 0 Å². The van der Waals surface area contributed by atoms with E-state index in [9.17, 15) is 13.6 Å². The largest absolute Gasteiger partial charge is 0.381 e. The summed E-state index contributed by atoms with van der Waals surface area (Å²) in [5, 5.41) is 7.09. The molecule has 25 heavy (non-hydrogen) atoms. The maximum Gasteiger partial charge on any atom is 0.292 e. The number of halogens is 3. The van der Waals surface area contributed by atoms with Crippen molar-refractivity contribution in [2.45, 2.75) is 25.8 Å². The zero-order valence-electron chi connectivity index (χ0n) is 13.6. The highest BCUT2D eigenvalue weighted by molar-refractivity contribution is 6.32. The van der Waals surface area contributed by atoms with Gasteiger partial charge in [0.15, 0.2) is 5.82 Å². The van der Waals surface area contributed by atoms with Crippen LogP contribution in [0.15, 0.2) is 29.2 Å². The van der Waals surface area contributed by atoms with E-state index in [1.807, 2.05) is 6.92 Å². The summed E-state index contributed by atoms with van der Waals surface area (Å²) in [6.45, 7) is 3.44. The molecule has 1 N–H and O–H groups in total. The third kappa shape index (κ3) is 3.82. The van der Waals surface area contributed by atoms with Crippen LogP contribution in [0, 0.1) is 17.6 Å². The minimum atomic E-state index is -0.887. The van der Waals surface area contributed by atoms with Gasteiger partial charge in [-0.3, -0.25) is 4.79 Å². The lowest BCUT2D eigenvalue weighted by Crippen LogP contribution is -2.32. The molecule has 1 saturated heterocycles. The third-order valence-corrected chi connectivity index (χ3v) is 4.78. The van der Waals surface area contributed by atoms with Gasteiger partial charge in [-0.15, -0.1) is 0 Å². The average Bonchev–Trinajstić information content (AvgIpc) is 2.61. The molecule has 134 valence electrons. The van der Waals surface area contributed by atoms with Crippen LogP contribution in [0.1, 0.15) is 19.8 Å². The zero-order valence-corrected chi connectivity index (χ0v) is 14.4. The van der Waals surface area contributed by atoms with E-state index in [0.717, 1.165) is 29.7 Å². The van der Waals surface area contributed by atoms with Gasteiger partial charge in [0.05, 0.1) is 11.9 Å². The van der Waals surface area contributed by atoms with E-state index in [1.54, 1.807) is 0 Å². The standard InChI is InChI=1S/C17H18ClF2N3O2/c1-10(11-4-6-25-7-5-11)22-14-9-21-23(17(24)16(14)18)15-3-2-12(19)8-13(15)20/h2-3,8-11,22H,4-7H2,1H3. The van der Waals surface area contributed by atoms with Crippen LogP contribution in [0.4, 0.5) is 14.5 Å². The van der Waals surface area contributed by atoms with E-state index >= 15 is 0 Å². The summed E-state index contributed by atoms with van der Waals surface area (Å²) in [4.78, 5) is 12.4. The van der Waals surface area contributed by atoms with Crippen LogP contribution >= 0.6 is 11.6 Å². The number of benzene rings is 1. The topological polar surface area (TPSA) is 56.2 Å². The Bertz CT molecular complexity index is 822. The Balaban J connectivity index is 1.86. The molecule has 1 unspecified atom stereocenters. The Morgan fingerprint density at radius 1 is 1.36 bits per heavy atom. The van der Waals surface area contributed by atoms with Gasteiger partial charge < -0.3 is 10.1 Å². The van der Waals surface area contributed by atoms with Gasteiger partial charge in [0.1, 0.15) is 16.5 Å². The van der Waals surface area contributed by atoms with Crippen LogP contribution in [-0.4, -0.2) is 29.0 Å². The third-order valence-electron chi connectivity index (χ3n) is 4.41. The molecule has 1 aromatic carbocycles. The Kier molecular flexibility index (Phi) is 5.34. The van der Waals surface area contributed by atoms with Crippen molar-refractivity contribution in [2.24, 2.45) is 5.92 Å². The first kappa shape index (κ1) is 17.8. The molecule has 0 saturated carbocycles. The summed E-state index contributed by atoms with van der Waals surface area (Å²) in [6, 6.07) is 2.98. The molecule has 0 amide bonds. The van der Waals surface area contributed by atoms with Crippen LogP contribution in [0.25, 0.3) is 5.69 Å². The molecule has 0 bridgehead atoms. The number of hydrogen-bond acceptors (Lipinski definition) is 4. The van der Waals surface area contributed by atoms with Crippen LogP contribution in [0.3, 0.4) is 0 Å². The molecule has 1 aromatic heterocycles. The van der Waals surface area contributed by atoms with Gasteiger partial charge in [-0.05, 0) is 37.8 Å². The quantitative estimate of drug-likeness (QED) is 0.897. The zero-order chi connectivity index (χ0) is 18.0. The van der Waals surface area contributed by atoms with Crippen molar-refractivity contribution in [3.63, 3.8) is 0 Å². The lowest BCUT2D eigenvalue weighted by atomic mass is 9.93. The Hall–Kier alpha value is -1.99. The molecule has 2 heterocycles. The minimum Gasteiger partial charge on any atom is -0.381 e. The first-order valence-corrected chi connectivity index (χ1v) is 8.42. The second-order valence-corrected chi connectivity index (χ2v) is 6.45. The number of hydrogen-bond donors (Lipinski definition) is 1. The fourth-order valence-corrected chi connectivity index (χ4v) is 3.12. The van der Waals surface area contributed by atoms with Gasteiger partial charge in [0, 0.05) is 25.3 Å². The summed E-state index contributed by atoms with van der Waals surface area (Å²) >= 11 is 6.16. The summed E-state index contributed by atoms with van der Waals surface area (Å²) in [7, 11) is 0. The molecule has 1 aliphatic rings. The van der Waals surface area contributed by atoms with Crippen molar-refractivity contribution in [2.75, 3.05) is 18.5 Å². The maximum atomic E-state index is 13.9. The predicted molar refractivity (Wildman–Crippen MR) is 91.4 cm³/mol. The van der Waals surface area contributed by atoms with E-state index in [-0.39, 0.29) is 16.8 Å². The highest BCUT2D eigenvalue weighted by atomic mass is 35.5. The first-order chi connectivity index (χ1) is 12.0. The van der Waals surface area contributed by atoms with Gasteiger partial charge in [-0.25, -0.2) is 8.78 Å². The summed E-state index contributed by atoms with van der Waals surface area (Å²) in [6.07, 6.45) is 3.23. The first-order valence-electron chi connectivity index (χ1n) is 8.05. The van der Waals surface area contributed by atoms with E-state index < -0.39 is 17.2 Å². The molecule has 0 radical (unpaired) electrons. The number of ether oxygens (including phenoxy) is 1. The number of nitrogens with zero attached hydrogens (tertiary/aromatic N) is 2. The van der Waals surface area contributed by atoms with Crippen molar-refractivity contribution < 1.29 is 13.5 Å². The Labute approximate surface area is 148 Å². The molecule has 5 nitrogen and oxygen atoms in total. The van der Waals surface area contributed by atoms with Crippen LogP contribution < -0.4 is 10.9 Å². The smallest absolute Gasteiger partial charge is 0.292 e. The van der Waals surface area contributed by atoms with E-state index in [2.05, 4.69) is 10.4 Å². The van der Waals surface area contributed by atoms with E-state index in [0.29, 0.717) is 30.9 Å². The fourth-order valence-electron chi connectivity index (χ4n) is 2.94. The second kappa shape index (κ2) is 7.49. The number of rotatable bonds is 4. The second-order valence-electron chi connectivity index (χ2n) is 6.07. The molecule has 0 aliphatic carbocycles. The Morgan fingerprint density at radius 2 is 2.08 bits per heavy atom. The van der Waals surface area contributed by atoms with Crippen LogP contribution in [0.2, 0.25) is 5.02 Å². The molecule has 1 atom stereocenters. The summed E-state index contributed by atoms with van der Waals surface area (Å²) in [5.41, 5.74) is -0.432. The predicted octanol–water partition coefficient (Wildman–Crippen LogP) is 3.39. The number of nitrogens with one attached hydrogen (secondary N) is 1. The van der Waals surface area contributed by atoms with Crippen LogP contribution in [-0.2, 0) is 4.74 Å². The van der Waals surface area contributed by atoms with Gasteiger partial charge >= 0.3 is 0 Å². The monoisotopic (exact) mass is 369 g/mol. The lowest BCUT2D eigenvalue weighted by molar-refractivity contribution is 0.0622. The van der Waals surface area contributed by atoms with E-state index in [4.69, 9.17) is 16.3 Å². The molecule has 1 aliphatic heterocycles. The molecule has 3 rings (SSSR count). The van der Waals surface area contributed by atoms with Gasteiger partial charge in [0.25, 0.3) is 5.56 Å². The molecule has 8 heteroatoms. The normalized spacial score (nSPS) is 16.6. The highest BCUT2D eigenvalue weighted by Gasteiger charge is 2.22. The molecule has 0 spiro atoms. The minimum absolute atomic E-state index is 0.0843. The molecule has 2 aromatic rings. The van der Waals surface area contributed by atoms with Gasteiger partial charge in [-0.1, -0.05) is 11.6 Å². The Morgan fingerprint density at radius 3 is 2.76 bits per heavy atom. The highest BCUT2D eigenvalue weighted by Crippen LogP contribution is 2.24. The van der Waals surface area contributed by atoms with Gasteiger partial charge in [-0.2, -0.15) is 9.78 Å². The van der Waals surface area contributed by atoms with Crippen molar-refractivity contribution in [1.82, 2.24) is 9.78 Å². The summed E-state index contributed by atoms with van der Waals surface area (Å²) < 4.78 is 33.1. The van der Waals surface area contributed by atoms with Gasteiger partial charge in [0.2, 0.25) is 0 Å². The fraction of sp³-hybridized carbons (Fsp3) is 0.412. The molecular weight excluding hydrogens is 352 g/mol. The maximum absolute atomic E-state index is 13.9. The average molecular weight is 370 g/mol. The summed E-state index contributed by atoms with van der Waals surface area (Å²) in [5.74, 6) is -1.22. The van der Waals surface area contributed by atoms with Crippen molar-refractivity contribution in [3.8, 4) is 5.69 Å². The lowest BCUT2D eigenvalue weighted by Gasteiger charge is -2.29.